The minimum atomic E-state index is -6.57. The van der Waals surface area contributed by atoms with Crippen molar-refractivity contribution in [2.45, 2.75) is 56.1 Å². The van der Waals surface area contributed by atoms with E-state index in [1.807, 2.05) is 0 Å². The molecular weight excluding hydrogens is 500 g/mol. The van der Waals surface area contributed by atoms with Crippen LogP contribution in [0.3, 0.4) is 0 Å². The molecule has 4 unspecified atom stereocenters. The molecule has 1 saturated carbocycles. The van der Waals surface area contributed by atoms with Crippen molar-refractivity contribution >= 4 is 12.2 Å². The first-order valence-electron chi connectivity index (χ1n) is 8.73. The van der Waals surface area contributed by atoms with Gasteiger partial charge in [0.05, 0.1) is 5.54 Å². The summed E-state index contributed by atoms with van der Waals surface area (Å²) in [6, 6.07) is -2.80. The van der Waals surface area contributed by atoms with Gasteiger partial charge in [0.1, 0.15) is 0 Å². The molecule has 0 spiro atoms. The van der Waals surface area contributed by atoms with E-state index in [0.717, 1.165) is 12.2 Å². The lowest BCUT2D eigenvalue weighted by Crippen LogP contribution is -2.75. The fraction of sp³-hybridized carbons (Fsp3) is 0.867. The number of carboxylic acid groups (broad SMARTS) is 2. The zero-order valence-corrected chi connectivity index (χ0v) is 16.0. The van der Waals surface area contributed by atoms with Crippen LogP contribution in [0.5, 0.6) is 0 Å². The van der Waals surface area contributed by atoms with Crippen molar-refractivity contribution in [1.82, 2.24) is 10.6 Å². The van der Waals surface area contributed by atoms with Crippen molar-refractivity contribution in [3.05, 3.63) is 0 Å². The summed E-state index contributed by atoms with van der Waals surface area (Å²) in [6.07, 6.45) is -34.1. The number of hydrogen-bond donors (Lipinski definition) is 4. The minimum absolute atomic E-state index is 0.651. The lowest BCUT2D eigenvalue weighted by molar-refractivity contribution is -0.345. The molecule has 4 atom stereocenters. The van der Waals surface area contributed by atoms with Gasteiger partial charge in [-0.15, -0.1) is 0 Å². The molecule has 18 heteroatoms. The van der Waals surface area contributed by atoms with Crippen molar-refractivity contribution in [3.8, 4) is 0 Å². The molecule has 0 heterocycles. The molecular formula is C15H16F12N2O4. The number of alkyl halides is 12. The van der Waals surface area contributed by atoms with E-state index in [1.165, 1.54) is 0 Å². The van der Waals surface area contributed by atoms with E-state index >= 15 is 0 Å². The highest BCUT2D eigenvalue weighted by Gasteiger charge is 2.76. The monoisotopic (exact) mass is 516 g/mol. The molecule has 6 nitrogen and oxygen atoms in total. The van der Waals surface area contributed by atoms with Crippen molar-refractivity contribution < 1.29 is 72.5 Å². The van der Waals surface area contributed by atoms with E-state index in [9.17, 15) is 62.3 Å². The van der Waals surface area contributed by atoms with Crippen LogP contribution in [0, 0.1) is 23.7 Å². The summed E-state index contributed by atoms with van der Waals surface area (Å²) < 4.78 is 163. The van der Waals surface area contributed by atoms with Gasteiger partial charge in [-0.3, -0.25) is 0 Å². The number of hydrogen-bond acceptors (Lipinski definition) is 2. The summed E-state index contributed by atoms with van der Waals surface area (Å²) in [7, 11) is 0. The van der Waals surface area contributed by atoms with E-state index in [-0.39, 0.29) is 0 Å². The summed E-state index contributed by atoms with van der Waals surface area (Å²) in [5.41, 5.74) is -4.49. The highest BCUT2D eigenvalue weighted by molar-refractivity contribution is 5.67. The molecule has 33 heavy (non-hydrogen) atoms. The lowest BCUT2D eigenvalue weighted by atomic mass is 9.56. The van der Waals surface area contributed by atoms with Crippen LogP contribution < -0.4 is 10.6 Å². The molecule has 1 aliphatic rings. The predicted molar refractivity (Wildman–Crippen MR) is 81.9 cm³/mol. The second-order valence-corrected chi connectivity index (χ2v) is 7.56. The molecule has 0 aliphatic heterocycles. The molecule has 1 rings (SSSR count). The zero-order chi connectivity index (χ0) is 26.4. The Hall–Kier alpha value is -2.30. The van der Waals surface area contributed by atoms with Gasteiger partial charge in [-0.1, -0.05) is 6.92 Å². The second-order valence-electron chi connectivity index (χ2n) is 7.56. The Morgan fingerprint density at radius 3 is 1.55 bits per heavy atom. The van der Waals surface area contributed by atoms with Gasteiger partial charge in [-0.25, -0.2) is 9.59 Å². The first kappa shape index (κ1) is 28.7. The number of halogens is 12. The van der Waals surface area contributed by atoms with Crippen LogP contribution in [0.25, 0.3) is 0 Å². The van der Waals surface area contributed by atoms with Gasteiger partial charge >= 0.3 is 36.9 Å². The van der Waals surface area contributed by atoms with Crippen molar-refractivity contribution in [2.75, 3.05) is 0 Å². The van der Waals surface area contributed by atoms with Gasteiger partial charge in [-0.2, -0.15) is 52.7 Å². The van der Waals surface area contributed by atoms with E-state index in [2.05, 4.69) is 0 Å². The maximum atomic E-state index is 13.6. The first-order chi connectivity index (χ1) is 14.5. The van der Waals surface area contributed by atoms with Crippen LogP contribution in [0.4, 0.5) is 62.3 Å². The number of carbonyl (C=O) groups is 2. The normalized spacial score (nSPS) is 27.5. The maximum Gasteiger partial charge on any atom is 0.405 e. The van der Waals surface area contributed by atoms with Crippen LogP contribution in [0.1, 0.15) is 19.8 Å². The van der Waals surface area contributed by atoms with Crippen molar-refractivity contribution in [3.63, 3.8) is 0 Å². The molecule has 0 aromatic carbocycles. The number of amides is 2. The molecule has 0 bridgehead atoms. The Morgan fingerprint density at radius 1 is 0.818 bits per heavy atom. The highest BCUT2D eigenvalue weighted by atomic mass is 19.4. The van der Waals surface area contributed by atoms with E-state index in [1.54, 1.807) is 0 Å². The Balaban J connectivity index is 4.17. The third kappa shape index (κ3) is 6.18. The highest BCUT2D eigenvalue weighted by Crippen LogP contribution is 2.59. The molecule has 0 aromatic heterocycles. The van der Waals surface area contributed by atoms with Gasteiger partial charge in [0.2, 0.25) is 0 Å². The van der Waals surface area contributed by atoms with Gasteiger partial charge in [0.25, 0.3) is 0 Å². The van der Waals surface area contributed by atoms with Gasteiger partial charge in [0, 0.05) is 12.0 Å². The molecule has 1 aliphatic carbocycles. The smallest absolute Gasteiger partial charge is 0.405 e. The standard InChI is InChI=1S/C15H16F12N2O4/c1-4-2-3-11(29-10(32)33,8(14(22,23)24)15(25,26)27)5(6(4)28-9(30)31)7(12(16,17)18)13(19,20)21/h4-8,28-29H,2-3H2,1H3,(H,30,31)(H,32,33). The molecule has 4 N–H and O–H groups in total. The Labute approximate surface area is 176 Å². The van der Waals surface area contributed by atoms with Crippen molar-refractivity contribution in [2.24, 2.45) is 23.7 Å². The fourth-order valence-corrected chi connectivity index (χ4v) is 4.48. The van der Waals surface area contributed by atoms with Gasteiger partial charge in [-0.05, 0) is 18.8 Å². The minimum Gasteiger partial charge on any atom is -0.465 e. The summed E-state index contributed by atoms with van der Waals surface area (Å²) in [5.74, 6) is -15.5. The Morgan fingerprint density at radius 2 is 1.24 bits per heavy atom. The van der Waals surface area contributed by atoms with Crippen LogP contribution in [-0.2, 0) is 0 Å². The molecule has 0 aromatic rings. The second kappa shape index (κ2) is 8.81. The zero-order valence-electron chi connectivity index (χ0n) is 16.0. The molecule has 1 fully saturated rings. The summed E-state index contributed by atoms with van der Waals surface area (Å²) in [6.45, 7) is 0.804. The molecule has 2 amide bonds. The lowest BCUT2D eigenvalue weighted by Gasteiger charge is -2.56. The number of rotatable bonds is 4. The predicted octanol–water partition coefficient (Wildman–Crippen LogP) is 5.16. The SMILES string of the molecule is CC1CCC(NC(=O)O)(C(C(F)(F)F)C(F)(F)F)C(C(C(F)(F)F)C(F)(F)F)C1NC(=O)O. The molecule has 194 valence electrons. The average Bonchev–Trinajstić information content (AvgIpc) is 2.47. The van der Waals surface area contributed by atoms with E-state index in [0.29, 0.717) is 5.32 Å². The largest absolute Gasteiger partial charge is 0.465 e. The van der Waals surface area contributed by atoms with Gasteiger partial charge < -0.3 is 20.8 Å². The Kier molecular flexibility index (Phi) is 7.67. The summed E-state index contributed by atoms with van der Waals surface area (Å²) in [4.78, 5) is 22.2. The third-order valence-corrected chi connectivity index (χ3v) is 5.47. The maximum absolute atomic E-state index is 13.6. The van der Waals surface area contributed by atoms with E-state index < -0.39 is 85.0 Å². The topological polar surface area (TPSA) is 98.7 Å². The van der Waals surface area contributed by atoms with Crippen LogP contribution in [0.2, 0.25) is 0 Å². The first-order valence-corrected chi connectivity index (χ1v) is 8.73. The van der Waals surface area contributed by atoms with E-state index in [4.69, 9.17) is 10.2 Å². The molecule has 0 saturated heterocycles. The average molecular weight is 516 g/mol. The fourth-order valence-electron chi connectivity index (χ4n) is 4.48. The summed E-state index contributed by atoms with van der Waals surface area (Å²) in [5, 5.41) is 19.5. The van der Waals surface area contributed by atoms with Gasteiger partial charge in [0.15, 0.2) is 11.8 Å². The van der Waals surface area contributed by atoms with Crippen LogP contribution in [0.15, 0.2) is 0 Å². The van der Waals surface area contributed by atoms with Crippen LogP contribution >= 0.6 is 0 Å². The third-order valence-electron chi connectivity index (χ3n) is 5.47. The number of nitrogens with one attached hydrogen (secondary N) is 2. The van der Waals surface area contributed by atoms with Crippen molar-refractivity contribution in [1.29, 1.82) is 0 Å². The molecule has 0 radical (unpaired) electrons. The Bertz CT molecular complexity index is 704. The van der Waals surface area contributed by atoms with Crippen LogP contribution in [-0.4, -0.2) is 58.7 Å². The quantitative estimate of drug-likeness (QED) is 0.389. The summed E-state index contributed by atoms with van der Waals surface area (Å²) >= 11 is 0.